The van der Waals surface area contributed by atoms with Crippen LogP contribution in [0.15, 0.2) is 24.8 Å². The van der Waals surface area contributed by atoms with Gasteiger partial charge in [-0.1, -0.05) is 0 Å². The highest BCUT2D eigenvalue weighted by Gasteiger charge is 2.28. The number of nitriles is 1. The van der Waals surface area contributed by atoms with Crippen LogP contribution in [0.3, 0.4) is 0 Å². The lowest BCUT2D eigenvalue weighted by molar-refractivity contribution is -0.0238. The minimum Gasteiger partial charge on any atom is -0.373 e. The van der Waals surface area contributed by atoms with Gasteiger partial charge in [-0.05, 0) is 12.8 Å². The van der Waals surface area contributed by atoms with Gasteiger partial charge < -0.3 is 10.1 Å². The van der Waals surface area contributed by atoms with Crippen molar-refractivity contribution < 1.29 is 4.74 Å². The lowest BCUT2D eigenvalue weighted by Gasteiger charge is -2.31. The zero-order valence-electron chi connectivity index (χ0n) is 11.5. The fraction of sp³-hybridized carbons (Fsp3) is 0.429. The maximum Gasteiger partial charge on any atom is 0.182 e. The first-order valence-electron chi connectivity index (χ1n) is 6.93. The summed E-state index contributed by atoms with van der Waals surface area (Å²) in [6, 6.07) is 2.04. The molecule has 0 aliphatic carbocycles. The highest BCUT2D eigenvalue weighted by molar-refractivity contribution is 5.46. The van der Waals surface area contributed by atoms with Gasteiger partial charge in [0, 0.05) is 43.2 Å². The number of nitrogens with zero attached hydrogens (tertiary/aromatic N) is 4. The summed E-state index contributed by atoms with van der Waals surface area (Å²) in [5, 5.41) is 19.1. The average molecular weight is 284 g/mol. The molecule has 7 heteroatoms. The van der Waals surface area contributed by atoms with Crippen molar-refractivity contribution in [1.82, 2.24) is 20.2 Å². The van der Waals surface area contributed by atoms with E-state index in [1.54, 1.807) is 12.4 Å². The molecule has 3 heterocycles. The van der Waals surface area contributed by atoms with Crippen LogP contribution in [0.2, 0.25) is 0 Å². The number of aromatic amines is 1. The molecule has 0 saturated carbocycles. The summed E-state index contributed by atoms with van der Waals surface area (Å²) in [7, 11) is 0. The zero-order valence-corrected chi connectivity index (χ0v) is 11.5. The number of hydrogen-bond donors (Lipinski definition) is 2. The van der Waals surface area contributed by atoms with Crippen molar-refractivity contribution in [3.05, 3.63) is 36.0 Å². The van der Waals surface area contributed by atoms with E-state index in [2.05, 4.69) is 25.5 Å². The highest BCUT2D eigenvalue weighted by Crippen LogP contribution is 2.33. The van der Waals surface area contributed by atoms with Crippen LogP contribution in [0.1, 0.15) is 30.2 Å². The SMILES string of the molecule is N#Cc1nccnc1NC[C@@H]1CCCO[C@H]1c1cn[nH]c1. The molecule has 0 radical (unpaired) electrons. The van der Waals surface area contributed by atoms with E-state index in [4.69, 9.17) is 10.00 Å². The van der Waals surface area contributed by atoms with E-state index in [1.165, 1.54) is 6.20 Å². The molecule has 7 nitrogen and oxygen atoms in total. The smallest absolute Gasteiger partial charge is 0.182 e. The number of ether oxygens (including phenoxy) is 1. The van der Waals surface area contributed by atoms with Crippen LogP contribution in [0.5, 0.6) is 0 Å². The summed E-state index contributed by atoms with van der Waals surface area (Å²) in [6.45, 7) is 1.45. The molecule has 0 bridgehead atoms. The Morgan fingerprint density at radius 2 is 2.33 bits per heavy atom. The van der Waals surface area contributed by atoms with E-state index < -0.39 is 0 Å². The first kappa shape index (κ1) is 13.5. The van der Waals surface area contributed by atoms with Gasteiger partial charge in [-0.3, -0.25) is 5.10 Å². The van der Waals surface area contributed by atoms with Crippen LogP contribution < -0.4 is 5.32 Å². The molecule has 21 heavy (non-hydrogen) atoms. The predicted octanol–water partition coefficient (Wildman–Crippen LogP) is 1.65. The van der Waals surface area contributed by atoms with Crippen molar-refractivity contribution in [2.45, 2.75) is 18.9 Å². The van der Waals surface area contributed by atoms with Crippen LogP contribution in [0.25, 0.3) is 0 Å². The second-order valence-corrected chi connectivity index (χ2v) is 4.97. The Bertz CT molecular complexity index is 621. The summed E-state index contributed by atoms with van der Waals surface area (Å²) in [5.41, 5.74) is 1.37. The summed E-state index contributed by atoms with van der Waals surface area (Å²) in [5.74, 6) is 0.835. The van der Waals surface area contributed by atoms with Gasteiger partial charge >= 0.3 is 0 Å². The van der Waals surface area contributed by atoms with Crippen LogP contribution >= 0.6 is 0 Å². The molecule has 1 aliphatic rings. The Morgan fingerprint density at radius 1 is 1.43 bits per heavy atom. The standard InChI is InChI=1S/C14H16N6O/c15-6-12-14(17-4-3-16-12)18-7-10-2-1-5-21-13(10)11-8-19-20-9-11/h3-4,8-10,13H,1-2,5,7H2,(H,17,18)(H,19,20)/t10-,13+/m0/s1. The number of rotatable bonds is 4. The van der Waals surface area contributed by atoms with Gasteiger partial charge in [-0.25, -0.2) is 9.97 Å². The lowest BCUT2D eigenvalue weighted by Crippen LogP contribution is -2.28. The summed E-state index contributed by atoms with van der Waals surface area (Å²) >= 11 is 0. The monoisotopic (exact) mass is 284 g/mol. The average Bonchev–Trinajstić information content (AvgIpc) is 3.08. The Balaban J connectivity index is 1.69. The van der Waals surface area contributed by atoms with Gasteiger partial charge in [-0.2, -0.15) is 10.4 Å². The lowest BCUT2D eigenvalue weighted by atomic mass is 9.91. The number of H-pyrrole nitrogens is 1. The molecule has 3 rings (SSSR count). The largest absolute Gasteiger partial charge is 0.373 e. The molecule has 0 unspecified atom stereocenters. The summed E-state index contributed by atoms with van der Waals surface area (Å²) in [4.78, 5) is 8.16. The molecule has 1 saturated heterocycles. The van der Waals surface area contributed by atoms with Crippen LogP contribution in [0, 0.1) is 17.2 Å². The Labute approximate surface area is 122 Å². The summed E-state index contributed by atoms with van der Waals surface area (Å²) < 4.78 is 5.88. The Kier molecular flexibility index (Phi) is 4.07. The van der Waals surface area contributed by atoms with Gasteiger partial charge in [0.2, 0.25) is 0 Å². The molecule has 108 valence electrons. The van der Waals surface area contributed by atoms with Gasteiger partial charge in [0.1, 0.15) is 6.07 Å². The number of nitrogens with one attached hydrogen (secondary N) is 2. The molecule has 0 aromatic carbocycles. The quantitative estimate of drug-likeness (QED) is 0.885. The maximum absolute atomic E-state index is 9.03. The van der Waals surface area contributed by atoms with E-state index in [0.29, 0.717) is 24.0 Å². The molecule has 1 aliphatic heterocycles. The van der Waals surface area contributed by atoms with Crippen LogP contribution in [-0.4, -0.2) is 33.3 Å². The summed E-state index contributed by atoms with van der Waals surface area (Å²) in [6.07, 6.45) is 8.87. The Hall–Kier alpha value is -2.46. The molecule has 1 fully saturated rings. The number of anilines is 1. The third kappa shape index (κ3) is 3.01. The van der Waals surface area contributed by atoms with Crippen molar-refractivity contribution in [2.75, 3.05) is 18.5 Å². The van der Waals surface area contributed by atoms with E-state index in [-0.39, 0.29) is 6.10 Å². The first-order valence-corrected chi connectivity index (χ1v) is 6.93. The topological polar surface area (TPSA) is 99.5 Å². The van der Waals surface area contributed by atoms with Crippen molar-refractivity contribution >= 4 is 5.82 Å². The normalized spacial score (nSPS) is 21.7. The molecule has 2 aromatic rings. The first-order chi connectivity index (χ1) is 10.4. The predicted molar refractivity (Wildman–Crippen MR) is 75.2 cm³/mol. The highest BCUT2D eigenvalue weighted by atomic mass is 16.5. The van der Waals surface area contributed by atoms with Gasteiger partial charge in [0.05, 0.1) is 12.3 Å². The Morgan fingerprint density at radius 3 is 3.14 bits per heavy atom. The zero-order chi connectivity index (χ0) is 14.5. The molecular weight excluding hydrogens is 268 g/mol. The molecule has 2 aromatic heterocycles. The molecule has 2 N–H and O–H groups in total. The number of aromatic nitrogens is 4. The fourth-order valence-corrected chi connectivity index (χ4v) is 2.61. The van der Waals surface area contributed by atoms with Crippen molar-refractivity contribution in [3.63, 3.8) is 0 Å². The van der Waals surface area contributed by atoms with Crippen molar-refractivity contribution in [1.29, 1.82) is 5.26 Å². The van der Waals surface area contributed by atoms with Crippen LogP contribution in [0.4, 0.5) is 5.82 Å². The van der Waals surface area contributed by atoms with Crippen molar-refractivity contribution in [3.8, 4) is 6.07 Å². The fourth-order valence-electron chi connectivity index (χ4n) is 2.61. The second-order valence-electron chi connectivity index (χ2n) is 4.97. The number of hydrogen-bond acceptors (Lipinski definition) is 6. The van der Waals surface area contributed by atoms with Gasteiger partial charge in [0.25, 0.3) is 0 Å². The minimum atomic E-state index is 0.0206. The van der Waals surface area contributed by atoms with Gasteiger partial charge in [0.15, 0.2) is 11.5 Å². The van der Waals surface area contributed by atoms with Crippen molar-refractivity contribution in [2.24, 2.45) is 5.92 Å². The maximum atomic E-state index is 9.03. The third-order valence-corrected chi connectivity index (χ3v) is 3.63. The van der Waals surface area contributed by atoms with E-state index in [0.717, 1.165) is 25.0 Å². The van der Waals surface area contributed by atoms with E-state index in [9.17, 15) is 0 Å². The third-order valence-electron chi connectivity index (χ3n) is 3.63. The van der Waals surface area contributed by atoms with Crippen LogP contribution in [-0.2, 0) is 4.74 Å². The molecule has 0 spiro atoms. The molecule has 0 amide bonds. The van der Waals surface area contributed by atoms with E-state index in [1.807, 2.05) is 12.3 Å². The molecular formula is C14H16N6O. The second kappa shape index (κ2) is 6.33. The minimum absolute atomic E-state index is 0.0206. The van der Waals surface area contributed by atoms with E-state index >= 15 is 0 Å². The molecule has 2 atom stereocenters. The van der Waals surface area contributed by atoms with Gasteiger partial charge in [-0.15, -0.1) is 0 Å².